The molecule has 0 saturated heterocycles. The Hall–Kier alpha value is -0.900. The maximum atomic E-state index is 13.5. The van der Waals surface area contributed by atoms with Crippen molar-refractivity contribution in [1.82, 2.24) is 5.32 Å². The number of benzene rings is 2. The smallest absolute Gasteiger partial charge is 0.126 e. The van der Waals surface area contributed by atoms with Crippen LogP contribution in [0.15, 0.2) is 40.9 Å². The molecule has 0 aliphatic carbocycles. The Bertz CT molecular complexity index is 630. The van der Waals surface area contributed by atoms with Crippen LogP contribution in [-0.2, 0) is 0 Å². The van der Waals surface area contributed by atoms with Crippen molar-refractivity contribution in [2.24, 2.45) is 0 Å². The van der Waals surface area contributed by atoms with E-state index in [0.29, 0.717) is 10.6 Å². The minimum atomic E-state index is -0.187. The first-order valence-electron chi connectivity index (χ1n) is 6.98. The highest BCUT2D eigenvalue weighted by Crippen LogP contribution is 2.33. The van der Waals surface area contributed by atoms with E-state index in [9.17, 15) is 4.39 Å². The van der Waals surface area contributed by atoms with Crippen LogP contribution in [0.2, 0.25) is 5.02 Å². The molecule has 1 unspecified atom stereocenters. The van der Waals surface area contributed by atoms with E-state index in [2.05, 4.69) is 28.2 Å². The van der Waals surface area contributed by atoms with E-state index < -0.39 is 0 Å². The van der Waals surface area contributed by atoms with Gasteiger partial charge in [-0.05, 0) is 64.6 Å². The molecular weight excluding hydrogens is 353 g/mol. The lowest BCUT2D eigenvalue weighted by molar-refractivity contribution is 0.590. The topological polar surface area (TPSA) is 12.0 Å². The summed E-state index contributed by atoms with van der Waals surface area (Å²) in [5, 5.41) is 4.18. The Morgan fingerprint density at radius 2 is 2.05 bits per heavy atom. The molecule has 0 heterocycles. The third kappa shape index (κ3) is 3.85. The lowest BCUT2D eigenvalue weighted by atomic mass is 9.97. The van der Waals surface area contributed by atoms with E-state index in [1.165, 1.54) is 6.07 Å². The second-order valence-electron chi connectivity index (χ2n) is 5.04. The summed E-state index contributed by atoms with van der Waals surface area (Å²) in [7, 11) is 0. The van der Waals surface area contributed by atoms with Gasteiger partial charge in [-0.3, -0.25) is 0 Å². The maximum absolute atomic E-state index is 13.5. The van der Waals surface area contributed by atoms with Crippen molar-refractivity contribution in [3.05, 3.63) is 68.4 Å². The van der Waals surface area contributed by atoms with Gasteiger partial charge in [-0.1, -0.05) is 42.8 Å². The molecule has 4 heteroatoms. The largest absolute Gasteiger partial charge is 0.306 e. The Labute approximate surface area is 138 Å². The van der Waals surface area contributed by atoms with Gasteiger partial charge in [-0.2, -0.15) is 0 Å². The van der Waals surface area contributed by atoms with Crippen molar-refractivity contribution in [2.45, 2.75) is 26.3 Å². The SMILES string of the molecule is CCCNC(c1ccc(F)c(C)c1)c1cccc(Br)c1Cl. The molecule has 0 radical (unpaired) electrons. The molecule has 1 nitrogen and oxygen atoms in total. The third-order valence-corrected chi connectivity index (χ3v) is 4.72. The first kappa shape index (κ1) is 16.5. The van der Waals surface area contributed by atoms with Gasteiger partial charge in [0.1, 0.15) is 5.82 Å². The molecule has 0 amide bonds. The quantitative estimate of drug-likeness (QED) is 0.718. The van der Waals surface area contributed by atoms with E-state index in [1.807, 2.05) is 30.3 Å². The van der Waals surface area contributed by atoms with E-state index in [-0.39, 0.29) is 11.9 Å². The fourth-order valence-electron chi connectivity index (χ4n) is 2.29. The normalized spacial score (nSPS) is 12.4. The molecule has 1 N–H and O–H groups in total. The van der Waals surface area contributed by atoms with Crippen molar-refractivity contribution >= 4 is 27.5 Å². The Kier molecular flexibility index (Phi) is 5.80. The molecule has 0 aliphatic rings. The zero-order valence-electron chi connectivity index (χ0n) is 12.1. The first-order valence-corrected chi connectivity index (χ1v) is 8.15. The third-order valence-electron chi connectivity index (χ3n) is 3.41. The molecule has 1 atom stereocenters. The monoisotopic (exact) mass is 369 g/mol. The second-order valence-corrected chi connectivity index (χ2v) is 6.27. The first-order chi connectivity index (χ1) is 10.0. The summed E-state index contributed by atoms with van der Waals surface area (Å²) in [4.78, 5) is 0. The molecular formula is C17H18BrClFN. The van der Waals surface area contributed by atoms with Crippen LogP contribution in [0.5, 0.6) is 0 Å². The van der Waals surface area contributed by atoms with Crippen LogP contribution in [0.3, 0.4) is 0 Å². The molecule has 0 saturated carbocycles. The standard InChI is InChI=1S/C17H18BrClFN/c1-3-9-21-17(12-7-8-15(20)11(2)10-12)13-5-4-6-14(18)16(13)19/h4-8,10,17,21H,3,9H2,1-2H3. The summed E-state index contributed by atoms with van der Waals surface area (Å²) in [6, 6.07) is 11.0. The Morgan fingerprint density at radius 1 is 1.29 bits per heavy atom. The van der Waals surface area contributed by atoms with Crippen LogP contribution in [0, 0.1) is 12.7 Å². The molecule has 2 rings (SSSR count). The van der Waals surface area contributed by atoms with E-state index in [4.69, 9.17) is 11.6 Å². The zero-order chi connectivity index (χ0) is 15.4. The van der Waals surface area contributed by atoms with Gasteiger partial charge in [-0.25, -0.2) is 4.39 Å². The molecule has 0 aliphatic heterocycles. The summed E-state index contributed by atoms with van der Waals surface area (Å²) < 4.78 is 14.4. The number of hydrogen-bond acceptors (Lipinski definition) is 1. The van der Waals surface area contributed by atoms with Gasteiger partial charge < -0.3 is 5.32 Å². The predicted molar refractivity (Wildman–Crippen MR) is 90.4 cm³/mol. The highest BCUT2D eigenvalue weighted by Gasteiger charge is 2.18. The lowest BCUT2D eigenvalue weighted by Gasteiger charge is -2.22. The van der Waals surface area contributed by atoms with Crippen LogP contribution in [-0.4, -0.2) is 6.54 Å². The molecule has 0 spiro atoms. The van der Waals surface area contributed by atoms with Crippen LogP contribution in [0.1, 0.15) is 36.1 Å². The molecule has 0 aromatic heterocycles. The van der Waals surface area contributed by atoms with E-state index >= 15 is 0 Å². The summed E-state index contributed by atoms with van der Waals surface area (Å²) in [5.41, 5.74) is 2.65. The van der Waals surface area contributed by atoms with Crippen LogP contribution < -0.4 is 5.32 Å². The van der Waals surface area contributed by atoms with Crippen LogP contribution in [0.4, 0.5) is 4.39 Å². The fourth-order valence-corrected chi connectivity index (χ4v) is 2.90. The minimum absolute atomic E-state index is 0.0470. The molecule has 21 heavy (non-hydrogen) atoms. The average Bonchev–Trinajstić information content (AvgIpc) is 2.47. The van der Waals surface area contributed by atoms with Crippen molar-refractivity contribution in [3.8, 4) is 0 Å². The van der Waals surface area contributed by atoms with E-state index in [0.717, 1.165) is 28.6 Å². The van der Waals surface area contributed by atoms with Gasteiger partial charge in [0.15, 0.2) is 0 Å². The van der Waals surface area contributed by atoms with Gasteiger partial charge in [0, 0.05) is 4.47 Å². The Balaban J connectivity index is 2.47. The van der Waals surface area contributed by atoms with Crippen molar-refractivity contribution in [1.29, 1.82) is 0 Å². The number of rotatable bonds is 5. The van der Waals surface area contributed by atoms with Gasteiger partial charge >= 0.3 is 0 Å². The average molecular weight is 371 g/mol. The molecule has 0 fully saturated rings. The highest BCUT2D eigenvalue weighted by atomic mass is 79.9. The second kappa shape index (κ2) is 7.39. The molecule has 0 bridgehead atoms. The number of nitrogens with one attached hydrogen (secondary N) is 1. The van der Waals surface area contributed by atoms with Crippen LogP contribution in [0.25, 0.3) is 0 Å². The van der Waals surface area contributed by atoms with Gasteiger partial charge in [0.25, 0.3) is 0 Å². The maximum Gasteiger partial charge on any atom is 0.126 e. The van der Waals surface area contributed by atoms with Crippen molar-refractivity contribution in [3.63, 3.8) is 0 Å². The lowest BCUT2D eigenvalue weighted by Crippen LogP contribution is -2.23. The summed E-state index contributed by atoms with van der Waals surface area (Å²) >= 11 is 9.89. The molecule has 2 aromatic rings. The van der Waals surface area contributed by atoms with Crippen molar-refractivity contribution in [2.75, 3.05) is 6.54 Å². The van der Waals surface area contributed by atoms with Gasteiger partial charge in [-0.15, -0.1) is 0 Å². The Morgan fingerprint density at radius 3 is 2.71 bits per heavy atom. The number of halogens is 3. The summed E-state index contributed by atoms with van der Waals surface area (Å²) in [6.07, 6.45) is 1.02. The van der Waals surface area contributed by atoms with Gasteiger partial charge in [0.2, 0.25) is 0 Å². The summed E-state index contributed by atoms with van der Waals surface area (Å²) in [5.74, 6) is -0.187. The molecule has 2 aromatic carbocycles. The van der Waals surface area contributed by atoms with Crippen LogP contribution >= 0.6 is 27.5 Å². The van der Waals surface area contributed by atoms with Gasteiger partial charge in [0.05, 0.1) is 11.1 Å². The number of hydrogen-bond donors (Lipinski definition) is 1. The minimum Gasteiger partial charge on any atom is -0.306 e. The number of aryl methyl sites for hydroxylation is 1. The fraction of sp³-hybridized carbons (Fsp3) is 0.294. The highest BCUT2D eigenvalue weighted by molar-refractivity contribution is 9.10. The predicted octanol–water partition coefficient (Wildman–Crippen LogP) is 5.64. The summed E-state index contributed by atoms with van der Waals surface area (Å²) in [6.45, 7) is 4.75. The van der Waals surface area contributed by atoms with E-state index in [1.54, 1.807) is 6.92 Å². The molecule has 112 valence electrons. The van der Waals surface area contributed by atoms with Crippen molar-refractivity contribution < 1.29 is 4.39 Å². The zero-order valence-corrected chi connectivity index (χ0v) is 14.4.